The standard InChI is InChI=1S/C29H19F6N5O3/c30-16-6-14(7-17(31)10-16)8-23(26-19(2-1-5-37-26)15-3-4-22(32)20(9-15)28(36)43)38-25(42)13-40-24-12-18(41)11-21(24)27(39-40)29(33,34)35/h1-7,9-10H,8,11-13H2,(H2,36,43). The Hall–Kier alpha value is -5.14. The number of amides is 2. The lowest BCUT2D eigenvalue weighted by atomic mass is 9.96. The van der Waals surface area contributed by atoms with Gasteiger partial charge in [0, 0.05) is 42.7 Å². The molecule has 2 N–H and O–H groups in total. The first-order valence-electron chi connectivity index (χ1n) is 12.6. The first-order valence-corrected chi connectivity index (χ1v) is 12.6. The third-order valence-corrected chi connectivity index (χ3v) is 6.64. The van der Waals surface area contributed by atoms with Crippen molar-refractivity contribution in [3.63, 3.8) is 0 Å². The van der Waals surface area contributed by atoms with E-state index in [0.29, 0.717) is 6.07 Å². The molecule has 0 bridgehead atoms. The summed E-state index contributed by atoms with van der Waals surface area (Å²) in [5.74, 6) is -5.23. The second-order valence-electron chi connectivity index (χ2n) is 9.69. The minimum atomic E-state index is -4.86. The molecule has 0 saturated heterocycles. The number of hydrogen-bond donors (Lipinski definition) is 1. The average Bonchev–Trinajstić information content (AvgIpc) is 3.45. The summed E-state index contributed by atoms with van der Waals surface area (Å²) in [6.45, 7) is -0.781. The van der Waals surface area contributed by atoms with Crippen molar-refractivity contribution in [3.8, 4) is 11.1 Å². The number of rotatable bonds is 7. The molecular formula is C29H19F6N5O3. The van der Waals surface area contributed by atoms with Gasteiger partial charge >= 0.3 is 6.18 Å². The SMILES string of the molecule is NC(=O)c1cc(-c2cccnc2C(Cc2cc(F)cc(F)c2)=NC(=O)Cn2nc(C(F)(F)F)c3c2CC(=O)C3)ccc1F. The number of carbonyl (C=O) groups excluding carboxylic acids is 3. The zero-order valence-electron chi connectivity index (χ0n) is 21.9. The maximum Gasteiger partial charge on any atom is 0.435 e. The van der Waals surface area contributed by atoms with Gasteiger partial charge in [-0.15, -0.1) is 0 Å². The molecule has 43 heavy (non-hydrogen) atoms. The number of fused-ring (bicyclic) bond motifs is 1. The fourth-order valence-corrected chi connectivity index (χ4v) is 4.87. The third-order valence-electron chi connectivity index (χ3n) is 6.64. The van der Waals surface area contributed by atoms with Crippen molar-refractivity contribution in [2.24, 2.45) is 10.7 Å². The molecule has 1 aliphatic carbocycles. The van der Waals surface area contributed by atoms with Crippen LogP contribution in [0.15, 0.2) is 59.7 Å². The van der Waals surface area contributed by atoms with E-state index in [1.165, 1.54) is 24.4 Å². The van der Waals surface area contributed by atoms with Gasteiger partial charge in [-0.25, -0.2) is 18.2 Å². The number of halogens is 6. The summed E-state index contributed by atoms with van der Waals surface area (Å²) in [5.41, 5.74) is 3.57. The normalized spacial score (nSPS) is 13.3. The number of hydrogen-bond acceptors (Lipinski definition) is 5. The van der Waals surface area contributed by atoms with Gasteiger partial charge in [0.1, 0.15) is 29.8 Å². The van der Waals surface area contributed by atoms with E-state index >= 15 is 0 Å². The molecule has 0 saturated carbocycles. The van der Waals surface area contributed by atoms with Gasteiger partial charge in [-0.05, 0) is 41.5 Å². The molecule has 1 aliphatic rings. The van der Waals surface area contributed by atoms with E-state index in [1.54, 1.807) is 0 Å². The van der Waals surface area contributed by atoms with Gasteiger partial charge in [-0.2, -0.15) is 18.3 Å². The Morgan fingerprint density at radius 2 is 1.72 bits per heavy atom. The second-order valence-corrected chi connectivity index (χ2v) is 9.69. The maximum absolute atomic E-state index is 14.2. The molecule has 2 heterocycles. The van der Waals surface area contributed by atoms with Crippen LogP contribution in [0.4, 0.5) is 26.3 Å². The highest BCUT2D eigenvalue weighted by atomic mass is 19.4. The Morgan fingerprint density at radius 3 is 2.40 bits per heavy atom. The third kappa shape index (κ3) is 6.22. The Balaban J connectivity index is 1.60. The number of aliphatic imine (C=N–C) groups is 1. The molecule has 8 nitrogen and oxygen atoms in total. The van der Waals surface area contributed by atoms with Crippen LogP contribution in [-0.2, 0) is 41.6 Å². The van der Waals surface area contributed by atoms with Gasteiger partial charge in [0.05, 0.1) is 22.7 Å². The number of pyridine rings is 1. The molecule has 0 aliphatic heterocycles. The number of Topliss-reactive ketones (excluding diaryl/α,β-unsaturated/α-hetero) is 1. The van der Waals surface area contributed by atoms with Crippen LogP contribution in [0.2, 0.25) is 0 Å². The number of nitrogens with two attached hydrogens (primary N) is 1. The van der Waals surface area contributed by atoms with Crippen molar-refractivity contribution in [3.05, 3.63) is 106 Å². The Bertz CT molecular complexity index is 1810. The van der Waals surface area contributed by atoms with Gasteiger partial charge < -0.3 is 5.73 Å². The van der Waals surface area contributed by atoms with Crippen molar-refractivity contribution in [1.82, 2.24) is 14.8 Å². The summed E-state index contributed by atoms with van der Waals surface area (Å²) in [7, 11) is 0. The first kappa shape index (κ1) is 29.4. The number of ketones is 1. The minimum Gasteiger partial charge on any atom is -0.366 e. The highest BCUT2D eigenvalue weighted by molar-refractivity contribution is 6.10. The maximum atomic E-state index is 14.2. The molecule has 2 aromatic carbocycles. The fraction of sp³-hybridized carbons (Fsp3) is 0.172. The van der Waals surface area contributed by atoms with Crippen LogP contribution >= 0.6 is 0 Å². The molecule has 14 heteroatoms. The van der Waals surface area contributed by atoms with Crippen LogP contribution in [0.5, 0.6) is 0 Å². The van der Waals surface area contributed by atoms with Crippen LogP contribution in [0, 0.1) is 17.5 Å². The van der Waals surface area contributed by atoms with Crippen molar-refractivity contribution >= 4 is 23.3 Å². The number of aromatic nitrogens is 3. The minimum absolute atomic E-state index is 0.000555. The van der Waals surface area contributed by atoms with E-state index < -0.39 is 65.4 Å². The molecule has 0 unspecified atom stereocenters. The predicted molar refractivity (Wildman–Crippen MR) is 139 cm³/mol. The highest BCUT2D eigenvalue weighted by Gasteiger charge is 2.42. The van der Waals surface area contributed by atoms with Gasteiger partial charge in [-0.3, -0.25) is 24.0 Å². The summed E-state index contributed by atoms with van der Waals surface area (Å²) < 4.78 is 83.6. The zero-order chi connectivity index (χ0) is 31.1. The highest BCUT2D eigenvalue weighted by Crippen LogP contribution is 2.35. The van der Waals surface area contributed by atoms with Crippen LogP contribution in [0.1, 0.15) is 38.6 Å². The van der Waals surface area contributed by atoms with E-state index in [0.717, 1.165) is 28.9 Å². The van der Waals surface area contributed by atoms with E-state index in [2.05, 4.69) is 15.1 Å². The summed E-state index contributed by atoms with van der Waals surface area (Å²) >= 11 is 0. The van der Waals surface area contributed by atoms with Crippen LogP contribution in [0.25, 0.3) is 11.1 Å². The zero-order valence-corrected chi connectivity index (χ0v) is 21.9. The molecule has 0 radical (unpaired) electrons. The van der Waals surface area contributed by atoms with E-state index in [1.807, 2.05) is 0 Å². The average molecular weight is 599 g/mol. The monoisotopic (exact) mass is 599 g/mol. The van der Waals surface area contributed by atoms with Crippen LogP contribution in [0.3, 0.4) is 0 Å². The molecule has 4 aromatic rings. The molecule has 0 fully saturated rings. The largest absolute Gasteiger partial charge is 0.435 e. The van der Waals surface area contributed by atoms with Gasteiger partial charge in [0.2, 0.25) is 0 Å². The molecule has 5 rings (SSSR count). The van der Waals surface area contributed by atoms with Gasteiger partial charge in [-0.1, -0.05) is 12.1 Å². The van der Waals surface area contributed by atoms with Gasteiger partial charge in [0.25, 0.3) is 11.8 Å². The number of primary amides is 1. The van der Waals surface area contributed by atoms with E-state index in [9.17, 15) is 40.7 Å². The van der Waals surface area contributed by atoms with Gasteiger partial charge in [0.15, 0.2) is 5.69 Å². The smallest absolute Gasteiger partial charge is 0.366 e. The molecule has 0 atom stereocenters. The molecule has 220 valence electrons. The number of carbonyl (C=O) groups is 3. The first-order chi connectivity index (χ1) is 20.3. The number of alkyl halides is 3. The van der Waals surface area contributed by atoms with Crippen molar-refractivity contribution in [1.29, 1.82) is 0 Å². The summed E-state index contributed by atoms with van der Waals surface area (Å²) in [4.78, 5) is 45.2. The Kier molecular flexibility index (Phi) is 7.69. The lowest BCUT2D eigenvalue weighted by Gasteiger charge is -2.13. The van der Waals surface area contributed by atoms with E-state index in [-0.39, 0.29) is 52.2 Å². The lowest BCUT2D eigenvalue weighted by Crippen LogP contribution is -2.18. The Labute approximate surface area is 238 Å². The summed E-state index contributed by atoms with van der Waals surface area (Å²) in [5, 5.41) is 3.52. The topological polar surface area (TPSA) is 120 Å². The number of benzene rings is 2. The van der Waals surface area contributed by atoms with Crippen molar-refractivity contribution < 1.29 is 40.7 Å². The fourth-order valence-electron chi connectivity index (χ4n) is 4.87. The molecule has 0 spiro atoms. The second kappa shape index (κ2) is 11.3. The molecular weight excluding hydrogens is 580 g/mol. The quantitative estimate of drug-likeness (QED) is 0.249. The van der Waals surface area contributed by atoms with E-state index in [4.69, 9.17) is 5.73 Å². The van der Waals surface area contributed by atoms with Crippen LogP contribution in [-0.4, -0.2) is 38.1 Å². The van der Waals surface area contributed by atoms with Crippen molar-refractivity contribution in [2.45, 2.75) is 32.0 Å². The number of nitrogens with zero attached hydrogens (tertiary/aromatic N) is 4. The Morgan fingerprint density at radius 1 is 1.00 bits per heavy atom. The molecule has 2 amide bonds. The molecule has 2 aromatic heterocycles. The lowest BCUT2D eigenvalue weighted by molar-refractivity contribution is -0.142. The van der Waals surface area contributed by atoms with Crippen molar-refractivity contribution in [2.75, 3.05) is 0 Å². The predicted octanol–water partition coefficient (Wildman–Crippen LogP) is 4.41. The summed E-state index contributed by atoms with van der Waals surface area (Å²) in [6.07, 6.45) is -4.72. The summed E-state index contributed by atoms with van der Waals surface area (Å²) in [6, 6.07) is 9.10. The van der Waals surface area contributed by atoms with Crippen LogP contribution < -0.4 is 5.73 Å².